The highest BCUT2D eigenvalue weighted by Gasteiger charge is 2.35. The van der Waals surface area contributed by atoms with Crippen LogP contribution in [0.15, 0.2) is 48.7 Å². The molecule has 2 aromatic carbocycles. The van der Waals surface area contributed by atoms with Crippen molar-refractivity contribution in [2.24, 2.45) is 0 Å². The summed E-state index contributed by atoms with van der Waals surface area (Å²) >= 11 is 6.09. The largest absolute Gasteiger partial charge is 0.393 e. The van der Waals surface area contributed by atoms with Crippen molar-refractivity contribution in [3.05, 3.63) is 64.8 Å². The van der Waals surface area contributed by atoms with Gasteiger partial charge < -0.3 is 9.84 Å². The minimum Gasteiger partial charge on any atom is -0.393 e. The fourth-order valence-corrected chi connectivity index (χ4v) is 5.45. The average molecular weight is 524 g/mol. The number of ether oxygens (including phenoxy) is 1. The first kappa shape index (κ1) is 26.8. The SMILES string of the molecule is CCC(CO)(c1ccc(Cl)cc1)n1ncc2c(C(NS(C)(=O)=O)OCC[Si](C)(C)C)cccc21. The van der Waals surface area contributed by atoms with Gasteiger partial charge in [-0.2, -0.15) is 9.82 Å². The lowest BCUT2D eigenvalue weighted by atomic mass is 9.88. The molecule has 2 N–H and O–H groups in total. The monoisotopic (exact) mass is 523 g/mol. The Morgan fingerprint density at radius 3 is 2.44 bits per heavy atom. The first-order valence-corrected chi connectivity index (χ1v) is 17.3. The van der Waals surface area contributed by atoms with Crippen LogP contribution in [0.2, 0.25) is 30.7 Å². The number of hydrogen-bond donors (Lipinski definition) is 2. The fourth-order valence-electron chi connectivity index (χ4n) is 4.01. The molecule has 0 aliphatic heterocycles. The lowest BCUT2D eigenvalue weighted by Crippen LogP contribution is -2.39. The Morgan fingerprint density at radius 1 is 1.21 bits per heavy atom. The molecule has 186 valence electrons. The van der Waals surface area contributed by atoms with Crippen LogP contribution in [-0.2, 0) is 20.3 Å². The van der Waals surface area contributed by atoms with Gasteiger partial charge in [-0.05, 0) is 36.2 Å². The average Bonchev–Trinajstić information content (AvgIpc) is 3.19. The fraction of sp³-hybridized carbons (Fsp3) is 0.458. The lowest BCUT2D eigenvalue weighted by molar-refractivity contribution is 0.0552. The van der Waals surface area contributed by atoms with Crippen molar-refractivity contribution in [1.29, 1.82) is 0 Å². The molecular weight excluding hydrogens is 490 g/mol. The van der Waals surface area contributed by atoms with Crippen LogP contribution in [0, 0.1) is 0 Å². The minimum atomic E-state index is -3.53. The summed E-state index contributed by atoms with van der Waals surface area (Å²) in [7, 11) is -4.89. The quantitative estimate of drug-likeness (QED) is 0.280. The van der Waals surface area contributed by atoms with Gasteiger partial charge in [-0.3, -0.25) is 4.68 Å². The summed E-state index contributed by atoms with van der Waals surface area (Å²) in [6, 6.07) is 13.9. The highest BCUT2D eigenvalue weighted by Crippen LogP contribution is 2.35. The zero-order valence-corrected chi connectivity index (χ0v) is 22.9. The van der Waals surface area contributed by atoms with Crippen LogP contribution >= 0.6 is 11.6 Å². The van der Waals surface area contributed by atoms with E-state index in [1.165, 1.54) is 0 Å². The first-order valence-electron chi connectivity index (χ1n) is 11.3. The number of nitrogens with one attached hydrogen (secondary N) is 1. The van der Waals surface area contributed by atoms with Gasteiger partial charge in [-0.25, -0.2) is 8.42 Å². The van der Waals surface area contributed by atoms with Crippen molar-refractivity contribution in [1.82, 2.24) is 14.5 Å². The van der Waals surface area contributed by atoms with E-state index < -0.39 is 29.9 Å². The molecule has 0 saturated carbocycles. The van der Waals surface area contributed by atoms with Crippen molar-refractivity contribution < 1.29 is 18.3 Å². The van der Waals surface area contributed by atoms with Gasteiger partial charge in [0.1, 0.15) is 11.8 Å². The molecule has 2 atom stereocenters. The van der Waals surface area contributed by atoms with Crippen molar-refractivity contribution in [3.63, 3.8) is 0 Å². The van der Waals surface area contributed by atoms with Gasteiger partial charge in [0.05, 0.1) is 24.6 Å². The van der Waals surface area contributed by atoms with Crippen LogP contribution in [-0.4, -0.2) is 50.8 Å². The molecule has 10 heteroatoms. The second-order valence-corrected chi connectivity index (χ2v) is 17.7. The predicted octanol–water partition coefficient (Wildman–Crippen LogP) is 4.74. The van der Waals surface area contributed by atoms with Gasteiger partial charge in [-0.15, -0.1) is 0 Å². The molecule has 2 unspecified atom stereocenters. The summed E-state index contributed by atoms with van der Waals surface area (Å²) in [5, 5.41) is 16.6. The van der Waals surface area contributed by atoms with Crippen LogP contribution in [0.1, 0.15) is 30.7 Å². The number of aromatic nitrogens is 2. The van der Waals surface area contributed by atoms with E-state index in [9.17, 15) is 13.5 Å². The van der Waals surface area contributed by atoms with Gasteiger partial charge in [0.15, 0.2) is 0 Å². The molecule has 1 aromatic heterocycles. The normalized spacial score (nSPS) is 15.4. The molecule has 0 spiro atoms. The third-order valence-electron chi connectivity index (χ3n) is 6.02. The number of rotatable bonds is 11. The highest BCUT2D eigenvalue weighted by atomic mass is 35.5. The van der Waals surface area contributed by atoms with E-state index in [2.05, 4.69) is 29.5 Å². The molecule has 0 radical (unpaired) electrons. The molecule has 0 aliphatic rings. The van der Waals surface area contributed by atoms with Crippen LogP contribution < -0.4 is 4.72 Å². The summed E-state index contributed by atoms with van der Waals surface area (Å²) in [4.78, 5) is 0. The zero-order chi connectivity index (χ0) is 25.1. The van der Waals surface area contributed by atoms with E-state index in [0.29, 0.717) is 23.6 Å². The van der Waals surface area contributed by atoms with E-state index in [1.54, 1.807) is 18.3 Å². The molecule has 3 aromatic rings. The molecule has 7 nitrogen and oxygen atoms in total. The Hall–Kier alpha value is -1.75. The number of aliphatic hydroxyl groups excluding tert-OH is 1. The van der Waals surface area contributed by atoms with Crippen molar-refractivity contribution in [2.45, 2.75) is 50.8 Å². The number of aliphatic hydroxyl groups is 1. The Bertz CT molecular complexity index is 1220. The Balaban J connectivity index is 2.10. The van der Waals surface area contributed by atoms with Gasteiger partial charge in [0.2, 0.25) is 10.0 Å². The third-order valence-corrected chi connectivity index (χ3v) is 8.62. The predicted molar refractivity (Wildman–Crippen MR) is 140 cm³/mol. The second kappa shape index (κ2) is 10.5. The Kier molecular flexibility index (Phi) is 8.27. The number of benzene rings is 2. The first-order chi connectivity index (χ1) is 15.9. The summed E-state index contributed by atoms with van der Waals surface area (Å²) < 4.78 is 34.8. The Morgan fingerprint density at radius 2 is 1.88 bits per heavy atom. The van der Waals surface area contributed by atoms with Crippen LogP contribution in [0.25, 0.3) is 10.9 Å². The molecule has 1 heterocycles. The van der Waals surface area contributed by atoms with Crippen molar-refractivity contribution in [3.8, 4) is 0 Å². The summed E-state index contributed by atoms with van der Waals surface area (Å²) in [6.07, 6.45) is 2.58. The molecule has 0 bridgehead atoms. The summed E-state index contributed by atoms with van der Waals surface area (Å²) in [6.45, 7) is 9.02. The van der Waals surface area contributed by atoms with Gasteiger partial charge in [-0.1, -0.05) is 62.4 Å². The maximum atomic E-state index is 12.1. The number of sulfonamides is 1. The number of fused-ring (bicyclic) bond motifs is 1. The van der Waals surface area contributed by atoms with E-state index in [4.69, 9.17) is 16.3 Å². The van der Waals surface area contributed by atoms with E-state index in [-0.39, 0.29) is 6.61 Å². The smallest absolute Gasteiger partial charge is 0.211 e. The third kappa shape index (κ3) is 6.08. The van der Waals surface area contributed by atoms with Crippen LogP contribution in [0.4, 0.5) is 0 Å². The van der Waals surface area contributed by atoms with Crippen LogP contribution in [0.5, 0.6) is 0 Å². The maximum absolute atomic E-state index is 12.1. The van der Waals surface area contributed by atoms with E-state index in [1.807, 2.05) is 41.9 Å². The highest BCUT2D eigenvalue weighted by molar-refractivity contribution is 7.88. The number of hydrogen-bond acceptors (Lipinski definition) is 5. The molecule has 3 rings (SSSR count). The Labute approximate surface area is 208 Å². The molecule has 34 heavy (non-hydrogen) atoms. The number of halogens is 1. The topological polar surface area (TPSA) is 93.5 Å². The van der Waals surface area contributed by atoms with Gasteiger partial charge in [0.25, 0.3) is 0 Å². The second-order valence-electron chi connectivity index (χ2n) is 9.84. The van der Waals surface area contributed by atoms with Crippen molar-refractivity contribution in [2.75, 3.05) is 19.5 Å². The van der Waals surface area contributed by atoms with Crippen LogP contribution in [0.3, 0.4) is 0 Å². The molecule has 0 saturated heterocycles. The summed E-state index contributed by atoms with van der Waals surface area (Å²) in [5.41, 5.74) is 1.54. The van der Waals surface area contributed by atoms with E-state index in [0.717, 1.165) is 28.8 Å². The summed E-state index contributed by atoms with van der Waals surface area (Å²) in [5.74, 6) is 0. The minimum absolute atomic E-state index is 0.163. The number of nitrogens with zero attached hydrogens (tertiary/aromatic N) is 2. The zero-order valence-electron chi connectivity index (χ0n) is 20.4. The molecule has 0 amide bonds. The lowest BCUT2D eigenvalue weighted by Gasteiger charge is -2.33. The standard InChI is InChI=1S/C24H34ClN3O4SSi/c1-6-24(17-29,18-10-12-19(25)13-11-18)28-22-9-7-8-20(21(22)16-26-28)23(27-33(2,30)31)32-14-15-34(3,4)5/h7-13,16,23,27,29H,6,14-15,17H2,1-5H3. The van der Waals surface area contributed by atoms with Crippen molar-refractivity contribution >= 4 is 40.6 Å². The maximum Gasteiger partial charge on any atom is 0.211 e. The molecular formula is C24H34ClN3O4SSi. The molecule has 0 fully saturated rings. The molecule has 0 aliphatic carbocycles. The van der Waals surface area contributed by atoms with Gasteiger partial charge in [0, 0.05) is 30.7 Å². The van der Waals surface area contributed by atoms with Gasteiger partial charge >= 0.3 is 0 Å². The van der Waals surface area contributed by atoms with E-state index >= 15 is 0 Å².